The van der Waals surface area contributed by atoms with Gasteiger partial charge in [-0.2, -0.15) is 0 Å². The maximum absolute atomic E-state index is 12.9. The fourth-order valence-electron chi connectivity index (χ4n) is 1.10. The molecular formula is C11H13FO4. The van der Waals surface area contributed by atoms with Gasteiger partial charge in [-0.15, -0.1) is 0 Å². The Kier molecular flexibility index (Phi) is 4.57. The van der Waals surface area contributed by atoms with Gasteiger partial charge in [0.15, 0.2) is 18.1 Å². The van der Waals surface area contributed by atoms with E-state index in [-0.39, 0.29) is 19.0 Å². The smallest absolute Gasteiger partial charge is 0.344 e. The summed E-state index contributed by atoms with van der Waals surface area (Å²) in [5, 5.41) is 0. The number of hydrogen-bond acceptors (Lipinski definition) is 4. The molecule has 0 bridgehead atoms. The summed E-state index contributed by atoms with van der Waals surface area (Å²) in [6.45, 7) is 1.71. The fraction of sp³-hybridized carbons (Fsp3) is 0.364. The highest BCUT2D eigenvalue weighted by atomic mass is 19.1. The molecule has 0 spiro atoms. The summed E-state index contributed by atoms with van der Waals surface area (Å²) in [6.07, 6.45) is 0. The highest BCUT2D eigenvalue weighted by Crippen LogP contribution is 2.27. The van der Waals surface area contributed by atoms with Gasteiger partial charge < -0.3 is 14.2 Å². The van der Waals surface area contributed by atoms with Crippen molar-refractivity contribution in [1.29, 1.82) is 0 Å². The van der Waals surface area contributed by atoms with E-state index in [1.165, 1.54) is 19.2 Å². The van der Waals surface area contributed by atoms with Gasteiger partial charge in [-0.1, -0.05) is 0 Å². The molecule has 4 nitrogen and oxygen atoms in total. The molecule has 1 aromatic carbocycles. The van der Waals surface area contributed by atoms with Crippen LogP contribution in [0.3, 0.4) is 0 Å². The molecule has 0 aliphatic heterocycles. The lowest BCUT2D eigenvalue weighted by Crippen LogP contribution is -2.14. The van der Waals surface area contributed by atoms with Crippen LogP contribution >= 0.6 is 0 Å². The monoisotopic (exact) mass is 228 g/mol. The minimum absolute atomic E-state index is 0.176. The van der Waals surface area contributed by atoms with E-state index in [2.05, 4.69) is 4.74 Å². The minimum Gasteiger partial charge on any atom is -0.493 e. The second-order valence-corrected chi connectivity index (χ2v) is 2.89. The molecule has 0 heterocycles. The highest BCUT2D eigenvalue weighted by Gasteiger charge is 2.08. The van der Waals surface area contributed by atoms with Gasteiger partial charge in [0, 0.05) is 6.07 Å². The van der Waals surface area contributed by atoms with Crippen LogP contribution in [0, 0.1) is 5.82 Å². The number of halogens is 1. The van der Waals surface area contributed by atoms with Crippen molar-refractivity contribution in [2.45, 2.75) is 6.92 Å². The molecule has 1 rings (SSSR count). The number of rotatable bonds is 5. The Morgan fingerprint density at radius 3 is 2.75 bits per heavy atom. The number of carbonyl (C=O) groups excluding carboxylic acids is 1. The number of methoxy groups -OCH3 is 1. The van der Waals surface area contributed by atoms with Crippen LogP contribution in [0.25, 0.3) is 0 Å². The molecule has 0 radical (unpaired) electrons. The first-order valence-electron chi connectivity index (χ1n) is 4.79. The molecule has 0 amide bonds. The second-order valence-electron chi connectivity index (χ2n) is 2.89. The lowest BCUT2D eigenvalue weighted by atomic mass is 10.3. The summed E-state index contributed by atoms with van der Waals surface area (Å²) in [7, 11) is 1.43. The van der Waals surface area contributed by atoms with Gasteiger partial charge in [0.25, 0.3) is 0 Å². The Labute approximate surface area is 92.9 Å². The molecule has 16 heavy (non-hydrogen) atoms. The Balaban J connectivity index is 2.65. The zero-order valence-corrected chi connectivity index (χ0v) is 9.16. The summed E-state index contributed by atoms with van der Waals surface area (Å²) in [5.41, 5.74) is 0. The van der Waals surface area contributed by atoms with E-state index in [9.17, 15) is 9.18 Å². The van der Waals surface area contributed by atoms with Crippen LogP contribution < -0.4 is 9.47 Å². The molecule has 0 N–H and O–H groups in total. The van der Waals surface area contributed by atoms with Crippen molar-refractivity contribution in [2.75, 3.05) is 20.3 Å². The molecule has 0 atom stereocenters. The summed E-state index contributed by atoms with van der Waals surface area (Å²) < 4.78 is 27.6. The van der Waals surface area contributed by atoms with Crippen LogP contribution in [-0.4, -0.2) is 26.3 Å². The molecule has 5 heteroatoms. The van der Waals surface area contributed by atoms with Crippen LogP contribution in [0.15, 0.2) is 18.2 Å². The third-order valence-electron chi connectivity index (χ3n) is 1.78. The number of ether oxygens (including phenoxy) is 3. The number of carbonyl (C=O) groups is 1. The van der Waals surface area contributed by atoms with Crippen LogP contribution in [-0.2, 0) is 9.53 Å². The van der Waals surface area contributed by atoms with E-state index >= 15 is 0 Å². The lowest BCUT2D eigenvalue weighted by Gasteiger charge is -2.09. The molecule has 0 saturated carbocycles. The second kappa shape index (κ2) is 5.95. The third kappa shape index (κ3) is 3.42. The molecule has 0 unspecified atom stereocenters. The summed E-state index contributed by atoms with van der Waals surface area (Å²) in [4.78, 5) is 11.0. The SMILES string of the molecule is CCOC(=O)COc1cc(F)ccc1OC. The van der Waals surface area contributed by atoms with E-state index in [1.54, 1.807) is 6.92 Å². The van der Waals surface area contributed by atoms with Crippen molar-refractivity contribution in [3.8, 4) is 11.5 Å². The van der Waals surface area contributed by atoms with Crippen molar-refractivity contribution in [3.05, 3.63) is 24.0 Å². The summed E-state index contributed by atoms with van der Waals surface area (Å²) in [6, 6.07) is 3.82. The zero-order chi connectivity index (χ0) is 12.0. The molecule has 0 aliphatic carbocycles. The summed E-state index contributed by atoms with van der Waals surface area (Å²) >= 11 is 0. The zero-order valence-electron chi connectivity index (χ0n) is 9.16. The lowest BCUT2D eigenvalue weighted by molar-refractivity contribution is -0.145. The average molecular weight is 228 g/mol. The number of hydrogen-bond donors (Lipinski definition) is 0. The topological polar surface area (TPSA) is 44.8 Å². The van der Waals surface area contributed by atoms with E-state index in [1.807, 2.05) is 0 Å². The van der Waals surface area contributed by atoms with E-state index in [0.717, 1.165) is 6.07 Å². The fourth-order valence-corrected chi connectivity index (χ4v) is 1.10. The molecule has 0 saturated heterocycles. The van der Waals surface area contributed by atoms with Crippen LogP contribution in [0.4, 0.5) is 4.39 Å². The highest BCUT2D eigenvalue weighted by molar-refractivity contribution is 5.71. The maximum atomic E-state index is 12.9. The quantitative estimate of drug-likeness (QED) is 0.720. The Bertz CT molecular complexity index is 365. The van der Waals surface area contributed by atoms with Crippen LogP contribution in [0.2, 0.25) is 0 Å². The van der Waals surface area contributed by atoms with Crippen molar-refractivity contribution in [2.24, 2.45) is 0 Å². The number of benzene rings is 1. The first kappa shape index (κ1) is 12.3. The van der Waals surface area contributed by atoms with Gasteiger partial charge in [-0.05, 0) is 19.1 Å². The molecule has 0 fully saturated rings. The molecule has 1 aromatic rings. The minimum atomic E-state index is -0.506. The largest absolute Gasteiger partial charge is 0.493 e. The van der Waals surface area contributed by atoms with Crippen LogP contribution in [0.5, 0.6) is 11.5 Å². The predicted molar refractivity (Wildman–Crippen MR) is 55.1 cm³/mol. The molecule has 0 aliphatic rings. The first-order chi connectivity index (χ1) is 7.67. The van der Waals surface area contributed by atoms with Gasteiger partial charge in [0.2, 0.25) is 0 Å². The Morgan fingerprint density at radius 1 is 1.38 bits per heavy atom. The van der Waals surface area contributed by atoms with E-state index in [4.69, 9.17) is 9.47 Å². The van der Waals surface area contributed by atoms with Gasteiger partial charge in [-0.3, -0.25) is 0 Å². The third-order valence-corrected chi connectivity index (χ3v) is 1.78. The van der Waals surface area contributed by atoms with Crippen molar-refractivity contribution in [1.82, 2.24) is 0 Å². The summed E-state index contributed by atoms with van der Waals surface area (Å²) in [5.74, 6) is -0.422. The van der Waals surface area contributed by atoms with E-state index in [0.29, 0.717) is 5.75 Å². The first-order valence-corrected chi connectivity index (χ1v) is 4.79. The molecule has 88 valence electrons. The predicted octanol–water partition coefficient (Wildman–Crippen LogP) is 1.78. The Morgan fingerprint density at radius 2 is 2.12 bits per heavy atom. The van der Waals surface area contributed by atoms with E-state index < -0.39 is 11.8 Å². The Hall–Kier alpha value is -1.78. The standard InChI is InChI=1S/C11H13FO4/c1-3-15-11(13)7-16-10-6-8(12)4-5-9(10)14-2/h4-6H,3,7H2,1-2H3. The van der Waals surface area contributed by atoms with Gasteiger partial charge in [0.05, 0.1) is 13.7 Å². The van der Waals surface area contributed by atoms with Gasteiger partial charge in [0.1, 0.15) is 5.82 Å². The molecule has 0 aromatic heterocycles. The average Bonchev–Trinajstić information content (AvgIpc) is 2.27. The number of esters is 1. The van der Waals surface area contributed by atoms with Crippen molar-refractivity contribution < 1.29 is 23.4 Å². The normalized spacial score (nSPS) is 9.69. The van der Waals surface area contributed by atoms with Crippen molar-refractivity contribution >= 4 is 5.97 Å². The van der Waals surface area contributed by atoms with Crippen LogP contribution in [0.1, 0.15) is 6.92 Å². The molecular weight excluding hydrogens is 215 g/mol. The van der Waals surface area contributed by atoms with Gasteiger partial charge in [-0.25, -0.2) is 9.18 Å². The van der Waals surface area contributed by atoms with Gasteiger partial charge >= 0.3 is 5.97 Å². The van der Waals surface area contributed by atoms with Crippen molar-refractivity contribution in [3.63, 3.8) is 0 Å². The maximum Gasteiger partial charge on any atom is 0.344 e.